The second-order valence-corrected chi connectivity index (χ2v) is 3.16. The zero-order valence-electron chi connectivity index (χ0n) is 7.81. The van der Waals surface area contributed by atoms with Crippen LogP contribution in [0.1, 0.15) is 10.4 Å². The molecular formula is C12H8O3. The predicted molar refractivity (Wildman–Crippen MR) is 55.0 cm³/mol. The van der Waals surface area contributed by atoms with E-state index in [1.54, 1.807) is 24.3 Å². The van der Waals surface area contributed by atoms with Crippen LogP contribution in [-0.2, 0) is 4.79 Å². The van der Waals surface area contributed by atoms with E-state index in [4.69, 9.17) is 5.11 Å². The maximum atomic E-state index is 11.3. The molecule has 0 saturated heterocycles. The van der Waals surface area contributed by atoms with Gasteiger partial charge in [-0.3, -0.25) is 4.79 Å². The predicted octanol–water partition coefficient (Wildman–Crippen LogP) is 2.06. The highest BCUT2D eigenvalue weighted by Crippen LogP contribution is 2.26. The largest absolute Gasteiger partial charge is 0.475 e. The smallest absolute Gasteiger partial charge is 0.377 e. The molecule has 0 aliphatic heterocycles. The first kappa shape index (κ1) is 9.40. The molecule has 0 bridgehead atoms. The van der Waals surface area contributed by atoms with Gasteiger partial charge in [0.15, 0.2) is 0 Å². The summed E-state index contributed by atoms with van der Waals surface area (Å²) in [6.45, 7) is 0. The first-order chi connectivity index (χ1) is 7.20. The Morgan fingerprint density at radius 2 is 1.67 bits per heavy atom. The van der Waals surface area contributed by atoms with Crippen molar-refractivity contribution in [3.05, 3.63) is 48.0 Å². The highest BCUT2D eigenvalue weighted by molar-refractivity contribution is 6.41. The molecule has 0 unspecified atom stereocenters. The van der Waals surface area contributed by atoms with Crippen molar-refractivity contribution in [3.8, 4) is 11.1 Å². The van der Waals surface area contributed by atoms with E-state index in [0.29, 0.717) is 5.56 Å². The van der Waals surface area contributed by atoms with Crippen molar-refractivity contribution in [2.24, 2.45) is 0 Å². The number of carbonyl (C=O) groups is 2. The monoisotopic (exact) mass is 200 g/mol. The molecule has 15 heavy (non-hydrogen) atoms. The summed E-state index contributed by atoms with van der Waals surface area (Å²) in [5.74, 6) is -2.29. The Kier molecular flexibility index (Phi) is 2.21. The van der Waals surface area contributed by atoms with Crippen LogP contribution < -0.4 is 0 Å². The number of rotatable bonds is 2. The molecule has 1 N–H and O–H groups in total. The number of hydrogen-bond acceptors (Lipinski definition) is 2. The van der Waals surface area contributed by atoms with Crippen LogP contribution in [0.25, 0.3) is 11.1 Å². The van der Waals surface area contributed by atoms with Crippen molar-refractivity contribution in [2.45, 2.75) is 0 Å². The lowest BCUT2D eigenvalue weighted by Crippen LogP contribution is -2.12. The number of ketones is 1. The molecule has 2 aliphatic carbocycles. The SMILES string of the molecule is O=C(O)C(=O)c1ccc2cccccc1-2. The number of carbonyl (C=O) groups excluding carboxylic acids is 1. The van der Waals surface area contributed by atoms with Gasteiger partial charge < -0.3 is 5.11 Å². The van der Waals surface area contributed by atoms with Gasteiger partial charge in [-0.2, -0.15) is 0 Å². The van der Waals surface area contributed by atoms with Crippen molar-refractivity contribution in [3.63, 3.8) is 0 Å². The number of hydrogen-bond donors (Lipinski definition) is 1. The Bertz CT molecular complexity index is 502. The Balaban J connectivity index is 2.59. The molecule has 0 amide bonds. The van der Waals surface area contributed by atoms with E-state index in [1.165, 1.54) is 0 Å². The summed E-state index contributed by atoms with van der Waals surface area (Å²) < 4.78 is 0. The molecule has 2 aliphatic rings. The molecule has 0 saturated carbocycles. The minimum Gasteiger partial charge on any atom is -0.475 e. The summed E-state index contributed by atoms with van der Waals surface area (Å²) in [7, 11) is 0. The summed E-state index contributed by atoms with van der Waals surface area (Å²) in [5, 5.41) is 8.63. The first-order valence-corrected chi connectivity index (χ1v) is 4.45. The fourth-order valence-corrected chi connectivity index (χ4v) is 1.53. The molecule has 0 heterocycles. The van der Waals surface area contributed by atoms with Gasteiger partial charge in [-0.15, -0.1) is 0 Å². The van der Waals surface area contributed by atoms with E-state index < -0.39 is 11.8 Å². The summed E-state index contributed by atoms with van der Waals surface area (Å²) in [4.78, 5) is 21.9. The molecular weight excluding hydrogens is 192 g/mol. The van der Waals surface area contributed by atoms with Crippen molar-refractivity contribution < 1.29 is 14.7 Å². The van der Waals surface area contributed by atoms with Crippen LogP contribution in [0.3, 0.4) is 0 Å². The molecule has 0 atom stereocenters. The van der Waals surface area contributed by atoms with E-state index >= 15 is 0 Å². The zero-order chi connectivity index (χ0) is 10.8. The number of aliphatic carboxylic acids is 1. The molecule has 74 valence electrons. The van der Waals surface area contributed by atoms with Crippen molar-refractivity contribution in [1.82, 2.24) is 0 Å². The van der Waals surface area contributed by atoms with Crippen LogP contribution in [0.5, 0.6) is 0 Å². The topological polar surface area (TPSA) is 54.4 Å². The van der Waals surface area contributed by atoms with E-state index in [2.05, 4.69) is 0 Å². The summed E-state index contributed by atoms with van der Waals surface area (Å²) in [6, 6.07) is 12.3. The molecule has 0 aromatic carbocycles. The number of carboxylic acid groups (broad SMARTS) is 1. The van der Waals surface area contributed by atoms with Gasteiger partial charge in [0.2, 0.25) is 0 Å². The van der Waals surface area contributed by atoms with Gasteiger partial charge in [0, 0.05) is 5.56 Å². The quantitative estimate of drug-likeness (QED) is 0.596. The highest BCUT2D eigenvalue weighted by Gasteiger charge is 2.20. The molecule has 0 aromatic heterocycles. The van der Waals surface area contributed by atoms with Gasteiger partial charge in [-0.25, -0.2) is 4.79 Å². The van der Waals surface area contributed by atoms with Gasteiger partial charge in [-0.1, -0.05) is 36.4 Å². The van der Waals surface area contributed by atoms with Crippen LogP contribution in [0.4, 0.5) is 0 Å². The van der Waals surface area contributed by atoms with Crippen LogP contribution in [0.2, 0.25) is 0 Å². The minimum atomic E-state index is -1.42. The van der Waals surface area contributed by atoms with Crippen molar-refractivity contribution in [1.29, 1.82) is 0 Å². The fraction of sp³-hybridized carbons (Fsp3) is 0. The Labute approximate surface area is 86.3 Å². The maximum absolute atomic E-state index is 11.3. The molecule has 0 aromatic rings. The summed E-state index contributed by atoms with van der Waals surface area (Å²) in [6.07, 6.45) is 0. The van der Waals surface area contributed by atoms with Crippen molar-refractivity contribution >= 4 is 11.8 Å². The number of carboxylic acids is 1. The van der Waals surface area contributed by atoms with Crippen LogP contribution >= 0.6 is 0 Å². The third-order valence-corrected chi connectivity index (χ3v) is 2.23. The lowest BCUT2D eigenvalue weighted by atomic mass is 10.1. The number of fused-ring (bicyclic) bond motifs is 1. The van der Waals surface area contributed by atoms with Gasteiger partial charge >= 0.3 is 5.97 Å². The maximum Gasteiger partial charge on any atom is 0.377 e. The minimum absolute atomic E-state index is 0.244. The molecule has 3 nitrogen and oxygen atoms in total. The average molecular weight is 200 g/mol. The van der Waals surface area contributed by atoms with E-state index in [-0.39, 0.29) is 5.56 Å². The van der Waals surface area contributed by atoms with Crippen molar-refractivity contribution in [2.75, 3.05) is 0 Å². The van der Waals surface area contributed by atoms with E-state index in [9.17, 15) is 9.59 Å². The third-order valence-electron chi connectivity index (χ3n) is 2.23. The zero-order valence-corrected chi connectivity index (χ0v) is 7.81. The molecule has 0 spiro atoms. The average Bonchev–Trinajstić information content (AvgIpc) is 2.46. The normalized spacial score (nSPS) is 10.1. The van der Waals surface area contributed by atoms with Gasteiger partial charge in [0.1, 0.15) is 0 Å². The number of Topliss-reactive ketones (excluding diaryl/α,β-unsaturated/α-hetero) is 1. The van der Waals surface area contributed by atoms with Crippen LogP contribution in [0, 0.1) is 0 Å². The van der Waals surface area contributed by atoms with Crippen LogP contribution in [-0.4, -0.2) is 16.9 Å². The fourth-order valence-electron chi connectivity index (χ4n) is 1.53. The Hall–Kier alpha value is -2.16. The molecule has 0 radical (unpaired) electrons. The Morgan fingerprint density at radius 3 is 2.40 bits per heavy atom. The van der Waals surface area contributed by atoms with Gasteiger partial charge in [0.05, 0.1) is 0 Å². The lowest BCUT2D eigenvalue weighted by Gasteiger charge is -1.96. The summed E-state index contributed by atoms with van der Waals surface area (Å²) in [5.41, 5.74) is 1.78. The first-order valence-electron chi connectivity index (χ1n) is 4.45. The highest BCUT2D eigenvalue weighted by atomic mass is 16.4. The van der Waals surface area contributed by atoms with E-state index in [0.717, 1.165) is 5.56 Å². The van der Waals surface area contributed by atoms with Gasteiger partial charge in [0.25, 0.3) is 5.78 Å². The molecule has 2 rings (SSSR count). The van der Waals surface area contributed by atoms with Crippen LogP contribution in [0.15, 0.2) is 42.5 Å². The Morgan fingerprint density at radius 1 is 0.933 bits per heavy atom. The molecule has 0 fully saturated rings. The lowest BCUT2D eigenvalue weighted by molar-refractivity contribution is -0.131. The second-order valence-electron chi connectivity index (χ2n) is 3.16. The summed E-state index contributed by atoms with van der Waals surface area (Å²) >= 11 is 0. The second kappa shape index (κ2) is 3.53. The third kappa shape index (κ3) is 1.59. The van der Waals surface area contributed by atoms with E-state index in [1.807, 2.05) is 18.2 Å². The molecule has 3 heteroatoms. The standard InChI is InChI=1S/C12H8O3/c13-11(12(14)15)10-7-6-8-4-2-1-3-5-9(8)10/h1-7H,(H,14,15). The van der Waals surface area contributed by atoms with Gasteiger partial charge in [-0.05, 0) is 17.2 Å².